The van der Waals surface area contributed by atoms with Crippen molar-refractivity contribution in [2.45, 2.75) is 96.2 Å². The maximum Gasteiger partial charge on any atom is 0.122 e. The fourth-order valence-electron chi connectivity index (χ4n) is 3.78. The van der Waals surface area contributed by atoms with Crippen molar-refractivity contribution in [1.82, 2.24) is 0 Å². The van der Waals surface area contributed by atoms with Gasteiger partial charge in [0.25, 0.3) is 0 Å². The Balaban J connectivity index is 2.03. The number of hydrogen-bond donors (Lipinski definition) is 1. The molecule has 2 fully saturated rings. The topological polar surface area (TPSA) is 13.7 Å². The summed E-state index contributed by atoms with van der Waals surface area (Å²) < 4.78 is 0. The standard InChI is InChI=1S/C15H29NO/c1-14(2)11-8-12-15(3,4)16(14)17-13-9-6-5-7-10-13/h13H,5-12H2,1-4H3/p+1. The van der Waals surface area contributed by atoms with Crippen LogP contribution in [0.4, 0.5) is 0 Å². The first kappa shape index (κ1) is 13.4. The van der Waals surface area contributed by atoms with Crippen LogP contribution >= 0.6 is 0 Å². The summed E-state index contributed by atoms with van der Waals surface area (Å²) in [4.78, 5) is 6.48. The zero-order chi connectivity index (χ0) is 12.5. The molecule has 0 amide bonds. The molecule has 2 nitrogen and oxygen atoms in total. The van der Waals surface area contributed by atoms with E-state index in [9.17, 15) is 0 Å². The van der Waals surface area contributed by atoms with Crippen LogP contribution < -0.4 is 5.06 Å². The molecule has 2 heteroatoms. The Hall–Kier alpha value is -0.0800. The Labute approximate surface area is 107 Å². The number of rotatable bonds is 2. The quantitative estimate of drug-likeness (QED) is 0.783. The van der Waals surface area contributed by atoms with Gasteiger partial charge in [-0.1, -0.05) is 19.3 Å². The van der Waals surface area contributed by atoms with E-state index < -0.39 is 0 Å². The third kappa shape index (κ3) is 3.03. The van der Waals surface area contributed by atoms with Crippen LogP contribution in [0.5, 0.6) is 0 Å². The Kier molecular flexibility index (Phi) is 3.84. The second-order valence-corrected chi connectivity index (χ2v) is 7.33. The highest BCUT2D eigenvalue weighted by Crippen LogP contribution is 2.25. The highest BCUT2D eigenvalue weighted by molar-refractivity contribution is 4.79. The number of quaternary nitrogens is 1. The molecule has 0 atom stereocenters. The third-order valence-corrected chi connectivity index (χ3v) is 4.67. The van der Waals surface area contributed by atoms with E-state index in [0.29, 0.717) is 6.10 Å². The Bertz CT molecular complexity index is 238. The van der Waals surface area contributed by atoms with Crippen LogP contribution in [0.2, 0.25) is 0 Å². The molecule has 17 heavy (non-hydrogen) atoms. The predicted octanol–water partition coefficient (Wildman–Crippen LogP) is 2.88. The molecule has 1 saturated carbocycles. The average molecular weight is 240 g/mol. The van der Waals surface area contributed by atoms with Crippen LogP contribution in [-0.2, 0) is 4.84 Å². The summed E-state index contributed by atoms with van der Waals surface area (Å²) in [5.74, 6) is 0. The molecule has 0 aromatic rings. The van der Waals surface area contributed by atoms with Crippen molar-refractivity contribution in [3.8, 4) is 0 Å². The molecular formula is C15H30NO+. The molecule has 2 rings (SSSR count). The van der Waals surface area contributed by atoms with E-state index in [1.165, 1.54) is 56.4 Å². The Morgan fingerprint density at radius 3 is 1.88 bits per heavy atom. The number of hydrogen-bond acceptors (Lipinski definition) is 1. The van der Waals surface area contributed by atoms with Crippen molar-refractivity contribution in [3.05, 3.63) is 0 Å². The van der Waals surface area contributed by atoms with Gasteiger partial charge in [-0.3, -0.25) is 0 Å². The van der Waals surface area contributed by atoms with Gasteiger partial charge >= 0.3 is 0 Å². The van der Waals surface area contributed by atoms with E-state index in [1.807, 2.05) is 0 Å². The molecule has 1 saturated heterocycles. The molecule has 0 bridgehead atoms. The molecule has 2 aliphatic rings. The van der Waals surface area contributed by atoms with E-state index in [0.717, 1.165) is 0 Å². The normalized spacial score (nSPS) is 30.4. The highest BCUT2D eigenvalue weighted by Gasteiger charge is 2.48. The van der Waals surface area contributed by atoms with E-state index in [2.05, 4.69) is 27.7 Å². The molecule has 1 aliphatic heterocycles. The van der Waals surface area contributed by atoms with Gasteiger partial charge in [0.1, 0.15) is 17.2 Å². The average Bonchev–Trinajstić information content (AvgIpc) is 2.25. The van der Waals surface area contributed by atoms with Crippen molar-refractivity contribution in [1.29, 1.82) is 0 Å². The molecule has 0 radical (unpaired) electrons. The van der Waals surface area contributed by atoms with Crippen molar-refractivity contribution >= 4 is 0 Å². The van der Waals surface area contributed by atoms with Crippen molar-refractivity contribution in [3.63, 3.8) is 0 Å². The lowest BCUT2D eigenvalue weighted by Crippen LogP contribution is -3.26. The predicted molar refractivity (Wildman–Crippen MR) is 70.9 cm³/mol. The fraction of sp³-hybridized carbons (Fsp3) is 1.00. The number of hydroxylamine groups is 2. The summed E-state index contributed by atoms with van der Waals surface area (Å²) in [7, 11) is 0. The molecule has 0 aromatic heterocycles. The van der Waals surface area contributed by atoms with Gasteiger partial charge in [-0.15, -0.1) is 0 Å². The smallest absolute Gasteiger partial charge is 0.122 e. The van der Waals surface area contributed by atoms with Gasteiger partial charge in [0, 0.05) is 12.8 Å². The summed E-state index contributed by atoms with van der Waals surface area (Å²) in [6.45, 7) is 9.47. The van der Waals surface area contributed by atoms with Crippen molar-refractivity contribution < 1.29 is 9.90 Å². The van der Waals surface area contributed by atoms with Crippen molar-refractivity contribution in [2.75, 3.05) is 0 Å². The fourth-order valence-corrected chi connectivity index (χ4v) is 3.78. The van der Waals surface area contributed by atoms with Gasteiger partial charge in [0.05, 0.1) is 0 Å². The Morgan fingerprint density at radius 2 is 1.35 bits per heavy atom. The van der Waals surface area contributed by atoms with Crippen LogP contribution in [0.3, 0.4) is 0 Å². The van der Waals surface area contributed by atoms with Gasteiger partial charge in [0.2, 0.25) is 0 Å². The minimum absolute atomic E-state index is 0.277. The molecule has 0 aromatic carbocycles. The van der Waals surface area contributed by atoms with E-state index >= 15 is 0 Å². The summed E-state index contributed by atoms with van der Waals surface area (Å²) in [5.41, 5.74) is 0.554. The summed E-state index contributed by atoms with van der Waals surface area (Å²) in [6, 6.07) is 0. The lowest BCUT2D eigenvalue weighted by atomic mass is 9.82. The summed E-state index contributed by atoms with van der Waals surface area (Å²) in [6.07, 6.45) is 11.1. The molecule has 0 unspecified atom stereocenters. The number of piperidine rings is 1. The molecule has 0 spiro atoms. The maximum atomic E-state index is 6.48. The maximum absolute atomic E-state index is 6.48. The molecule has 1 heterocycles. The first-order valence-electron chi connectivity index (χ1n) is 7.46. The lowest BCUT2D eigenvalue weighted by molar-refractivity contribution is -1.17. The summed E-state index contributed by atoms with van der Waals surface area (Å²) >= 11 is 0. The van der Waals surface area contributed by atoms with Gasteiger partial charge in [-0.2, -0.15) is 5.06 Å². The minimum atomic E-state index is 0.277. The number of nitrogens with one attached hydrogen (secondary N) is 1. The molecule has 1 N–H and O–H groups in total. The molecular weight excluding hydrogens is 210 g/mol. The highest BCUT2D eigenvalue weighted by atomic mass is 16.7. The minimum Gasteiger partial charge on any atom is -0.201 e. The van der Waals surface area contributed by atoms with Crippen molar-refractivity contribution in [2.24, 2.45) is 0 Å². The van der Waals surface area contributed by atoms with Gasteiger partial charge in [-0.05, 0) is 47.0 Å². The summed E-state index contributed by atoms with van der Waals surface area (Å²) in [5, 5.41) is 1.39. The monoisotopic (exact) mass is 240 g/mol. The van der Waals surface area contributed by atoms with Crippen LogP contribution in [0, 0.1) is 0 Å². The first-order valence-corrected chi connectivity index (χ1v) is 7.46. The van der Waals surface area contributed by atoms with E-state index in [4.69, 9.17) is 4.84 Å². The molecule has 1 aliphatic carbocycles. The van der Waals surface area contributed by atoms with Gasteiger partial charge in [0.15, 0.2) is 0 Å². The second-order valence-electron chi connectivity index (χ2n) is 7.33. The lowest BCUT2D eigenvalue weighted by Gasteiger charge is -2.48. The Morgan fingerprint density at radius 1 is 0.824 bits per heavy atom. The second kappa shape index (κ2) is 4.89. The van der Waals surface area contributed by atoms with Crippen LogP contribution in [-0.4, -0.2) is 17.2 Å². The van der Waals surface area contributed by atoms with Crippen LogP contribution in [0.25, 0.3) is 0 Å². The molecule has 100 valence electrons. The van der Waals surface area contributed by atoms with Crippen LogP contribution in [0.1, 0.15) is 79.1 Å². The first-order chi connectivity index (χ1) is 7.92. The SMILES string of the molecule is CC1(C)CCCC(C)(C)[NH+]1OC1CCCCC1. The largest absolute Gasteiger partial charge is 0.201 e. The zero-order valence-electron chi connectivity index (χ0n) is 12.1. The van der Waals surface area contributed by atoms with E-state index in [1.54, 1.807) is 0 Å². The van der Waals surface area contributed by atoms with Gasteiger partial charge < -0.3 is 0 Å². The van der Waals surface area contributed by atoms with Gasteiger partial charge in [-0.25, -0.2) is 4.84 Å². The third-order valence-electron chi connectivity index (χ3n) is 4.67. The zero-order valence-corrected chi connectivity index (χ0v) is 12.1. The van der Waals surface area contributed by atoms with Crippen LogP contribution in [0.15, 0.2) is 0 Å². The van der Waals surface area contributed by atoms with E-state index in [-0.39, 0.29) is 11.1 Å².